The van der Waals surface area contributed by atoms with E-state index in [2.05, 4.69) is 0 Å². The minimum atomic E-state index is -0.570. The van der Waals surface area contributed by atoms with E-state index < -0.39 is 16.9 Å². The standard InChI is InChI=1S/C33H24O10/c1-39-18-6-4-16(5-7-18)27-15-25(37)31-24(36)13-23(35)30(33(31)43-27)21-10-17(11-26(38)32(21)41-3)28-14-22(34)20-9-8-19(40-2)12-29(20)42-28/h4-15,35-36,38H,1-3H3. The molecule has 0 aliphatic carbocycles. The lowest BCUT2D eigenvalue weighted by Gasteiger charge is -2.16. The molecule has 216 valence electrons. The second-order valence-electron chi connectivity index (χ2n) is 9.61. The normalized spacial score (nSPS) is 11.1. The van der Waals surface area contributed by atoms with Crippen LogP contribution < -0.4 is 25.1 Å². The van der Waals surface area contributed by atoms with E-state index in [-0.39, 0.29) is 61.7 Å². The number of methoxy groups -OCH3 is 3. The van der Waals surface area contributed by atoms with Crippen LogP contribution in [0.1, 0.15) is 0 Å². The summed E-state index contributed by atoms with van der Waals surface area (Å²) in [6.45, 7) is 0. The summed E-state index contributed by atoms with van der Waals surface area (Å²) < 4.78 is 28.1. The predicted octanol–water partition coefficient (Wildman–Crippen LogP) is 6.04. The summed E-state index contributed by atoms with van der Waals surface area (Å²) >= 11 is 0. The minimum Gasteiger partial charge on any atom is -0.507 e. The zero-order valence-corrected chi connectivity index (χ0v) is 23.1. The Hall–Kier alpha value is -5.90. The minimum absolute atomic E-state index is 0.0425. The Kier molecular flexibility index (Phi) is 6.66. The van der Waals surface area contributed by atoms with E-state index in [1.54, 1.807) is 42.5 Å². The molecule has 0 atom stereocenters. The average molecular weight is 581 g/mol. The van der Waals surface area contributed by atoms with Crippen LogP contribution in [0.5, 0.6) is 34.5 Å². The first-order chi connectivity index (χ1) is 20.7. The maximum absolute atomic E-state index is 13.3. The molecule has 0 bridgehead atoms. The quantitative estimate of drug-likeness (QED) is 0.213. The van der Waals surface area contributed by atoms with E-state index >= 15 is 0 Å². The molecule has 0 aliphatic rings. The number of benzene rings is 4. The molecule has 6 aromatic rings. The molecule has 2 heterocycles. The number of hydrogen-bond acceptors (Lipinski definition) is 10. The van der Waals surface area contributed by atoms with E-state index in [0.29, 0.717) is 22.4 Å². The van der Waals surface area contributed by atoms with Gasteiger partial charge in [0.25, 0.3) is 0 Å². The third-order valence-corrected chi connectivity index (χ3v) is 7.10. The van der Waals surface area contributed by atoms with Gasteiger partial charge in [0.05, 0.1) is 32.3 Å². The van der Waals surface area contributed by atoms with Gasteiger partial charge in [0.1, 0.15) is 45.5 Å². The highest BCUT2D eigenvalue weighted by molar-refractivity contribution is 6.02. The first-order valence-electron chi connectivity index (χ1n) is 12.9. The maximum atomic E-state index is 13.3. The number of aromatic hydroxyl groups is 3. The third kappa shape index (κ3) is 4.64. The number of hydrogen-bond donors (Lipinski definition) is 3. The van der Waals surface area contributed by atoms with Gasteiger partial charge < -0.3 is 38.4 Å². The number of fused-ring (bicyclic) bond motifs is 2. The van der Waals surface area contributed by atoms with Crippen LogP contribution in [0.25, 0.3) is 55.7 Å². The molecule has 0 fully saturated rings. The molecular formula is C33H24O10. The van der Waals surface area contributed by atoms with Crippen molar-refractivity contribution in [3.8, 4) is 68.3 Å². The van der Waals surface area contributed by atoms with Crippen LogP contribution in [0.15, 0.2) is 91.2 Å². The van der Waals surface area contributed by atoms with Gasteiger partial charge in [-0.3, -0.25) is 9.59 Å². The molecule has 0 spiro atoms. The second-order valence-corrected chi connectivity index (χ2v) is 9.61. The number of ether oxygens (including phenoxy) is 3. The third-order valence-electron chi connectivity index (χ3n) is 7.10. The summed E-state index contributed by atoms with van der Waals surface area (Å²) in [4.78, 5) is 26.2. The van der Waals surface area contributed by atoms with Gasteiger partial charge in [0.2, 0.25) is 0 Å². The van der Waals surface area contributed by atoms with Crippen molar-refractivity contribution < 1.29 is 38.4 Å². The lowest BCUT2D eigenvalue weighted by Crippen LogP contribution is -2.03. The molecule has 0 saturated heterocycles. The first-order valence-corrected chi connectivity index (χ1v) is 12.9. The summed E-state index contributed by atoms with van der Waals surface area (Å²) in [5.41, 5.74) is 0.0444. The molecule has 3 N–H and O–H groups in total. The maximum Gasteiger partial charge on any atom is 0.197 e. The molecule has 43 heavy (non-hydrogen) atoms. The predicted molar refractivity (Wildman–Crippen MR) is 159 cm³/mol. The Morgan fingerprint density at radius 1 is 0.605 bits per heavy atom. The Morgan fingerprint density at radius 3 is 1.98 bits per heavy atom. The van der Waals surface area contributed by atoms with Gasteiger partial charge in [-0.05, 0) is 48.5 Å². The van der Waals surface area contributed by atoms with Gasteiger partial charge in [-0.2, -0.15) is 0 Å². The van der Waals surface area contributed by atoms with Crippen molar-refractivity contribution >= 4 is 21.9 Å². The summed E-state index contributed by atoms with van der Waals surface area (Å²) in [6, 6.07) is 17.9. The molecule has 6 rings (SSSR count). The fourth-order valence-corrected chi connectivity index (χ4v) is 5.02. The zero-order chi connectivity index (χ0) is 30.4. The van der Waals surface area contributed by atoms with Crippen molar-refractivity contribution in [2.24, 2.45) is 0 Å². The Balaban J connectivity index is 1.63. The van der Waals surface area contributed by atoms with Gasteiger partial charge in [-0.1, -0.05) is 0 Å². The average Bonchev–Trinajstić information content (AvgIpc) is 3.00. The van der Waals surface area contributed by atoms with Gasteiger partial charge >= 0.3 is 0 Å². The summed E-state index contributed by atoms with van der Waals surface area (Å²) in [7, 11) is 4.34. The SMILES string of the molecule is COc1ccc(-c2cc(=O)c3c(O)cc(O)c(-c4cc(-c5cc(=O)c6ccc(OC)cc6o5)cc(O)c4OC)c3o2)cc1. The van der Waals surface area contributed by atoms with Gasteiger partial charge in [-0.25, -0.2) is 0 Å². The summed E-state index contributed by atoms with van der Waals surface area (Å²) in [6.07, 6.45) is 0. The molecule has 0 aliphatic heterocycles. The molecule has 10 nitrogen and oxygen atoms in total. The van der Waals surface area contributed by atoms with Crippen LogP contribution in [-0.2, 0) is 0 Å². The highest BCUT2D eigenvalue weighted by Crippen LogP contribution is 2.48. The lowest BCUT2D eigenvalue weighted by molar-refractivity contribution is 0.374. The van der Waals surface area contributed by atoms with Crippen LogP contribution in [0.3, 0.4) is 0 Å². The van der Waals surface area contributed by atoms with Gasteiger partial charge in [-0.15, -0.1) is 0 Å². The molecule has 0 radical (unpaired) electrons. The fraction of sp³-hybridized carbons (Fsp3) is 0.0909. The molecular weight excluding hydrogens is 556 g/mol. The van der Waals surface area contributed by atoms with Gasteiger partial charge in [0.15, 0.2) is 27.9 Å². The molecule has 4 aromatic carbocycles. The van der Waals surface area contributed by atoms with Crippen LogP contribution in [0.2, 0.25) is 0 Å². The van der Waals surface area contributed by atoms with Crippen molar-refractivity contribution in [3.05, 3.63) is 93.2 Å². The molecule has 0 amide bonds. The van der Waals surface area contributed by atoms with Crippen molar-refractivity contribution in [3.63, 3.8) is 0 Å². The van der Waals surface area contributed by atoms with Crippen molar-refractivity contribution in [2.45, 2.75) is 0 Å². The van der Waals surface area contributed by atoms with Crippen LogP contribution in [-0.4, -0.2) is 36.6 Å². The molecule has 0 unspecified atom stereocenters. The molecule has 0 saturated carbocycles. The number of phenolic OH excluding ortho intramolecular Hbond substituents is 3. The Labute approximate surface area is 243 Å². The highest BCUT2D eigenvalue weighted by atomic mass is 16.5. The number of rotatable bonds is 6. The molecule has 2 aromatic heterocycles. The Morgan fingerprint density at radius 2 is 1.28 bits per heavy atom. The van der Waals surface area contributed by atoms with Crippen LogP contribution in [0, 0.1) is 0 Å². The first kappa shape index (κ1) is 27.3. The second kappa shape index (κ2) is 10.5. The van der Waals surface area contributed by atoms with E-state index in [1.165, 1.54) is 45.6 Å². The van der Waals surface area contributed by atoms with Crippen LogP contribution in [0.4, 0.5) is 0 Å². The topological polar surface area (TPSA) is 149 Å². The van der Waals surface area contributed by atoms with Crippen molar-refractivity contribution in [1.82, 2.24) is 0 Å². The summed E-state index contributed by atoms with van der Waals surface area (Å²) in [5.74, 6) is -0.0354. The van der Waals surface area contributed by atoms with Gasteiger partial charge in [0, 0.05) is 41.0 Å². The van der Waals surface area contributed by atoms with E-state index in [4.69, 9.17) is 23.0 Å². The largest absolute Gasteiger partial charge is 0.507 e. The van der Waals surface area contributed by atoms with Crippen LogP contribution >= 0.6 is 0 Å². The van der Waals surface area contributed by atoms with E-state index in [0.717, 1.165) is 6.07 Å². The fourth-order valence-electron chi connectivity index (χ4n) is 5.02. The van der Waals surface area contributed by atoms with Crippen molar-refractivity contribution in [1.29, 1.82) is 0 Å². The highest BCUT2D eigenvalue weighted by Gasteiger charge is 2.25. The summed E-state index contributed by atoms with van der Waals surface area (Å²) in [5, 5.41) is 32.9. The lowest BCUT2D eigenvalue weighted by atomic mass is 9.96. The van der Waals surface area contributed by atoms with Crippen molar-refractivity contribution in [2.75, 3.05) is 21.3 Å². The van der Waals surface area contributed by atoms with E-state index in [9.17, 15) is 24.9 Å². The zero-order valence-electron chi connectivity index (χ0n) is 23.1. The Bertz CT molecular complexity index is 2160. The monoisotopic (exact) mass is 580 g/mol. The molecule has 10 heteroatoms. The smallest absolute Gasteiger partial charge is 0.197 e. The van der Waals surface area contributed by atoms with E-state index in [1.807, 2.05) is 0 Å². The number of phenols is 3.